The summed E-state index contributed by atoms with van der Waals surface area (Å²) in [5.41, 5.74) is 11.1. The molecule has 2 aromatic heterocycles. The molecule has 0 radical (unpaired) electrons. The van der Waals surface area contributed by atoms with E-state index >= 15 is 0 Å². The SMILES string of the molecule is Cc1ccc(-c2cnc(N)c(C)c2)c(-n2cccn2)c1. The Kier molecular flexibility index (Phi) is 2.99. The van der Waals surface area contributed by atoms with Gasteiger partial charge < -0.3 is 5.73 Å². The van der Waals surface area contributed by atoms with Gasteiger partial charge in [-0.05, 0) is 43.2 Å². The number of rotatable bonds is 2. The molecule has 0 aliphatic carbocycles. The summed E-state index contributed by atoms with van der Waals surface area (Å²) in [5.74, 6) is 0.571. The Hall–Kier alpha value is -2.62. The molecule has 0 saturated carbocycles. The standard InChI is InChI=1S/C16H16N4/c1-11-4-5-14(13-9-12(2)16(17)18-10-13)15(8-11)20-7-3-6-19-20/h3-10H,1-2H3,(H2,17,18). The highest BCUT2D eigenvalue weighted by Crippen LogP contribution is 2.28. The van der Waals surface area contributed by atoms with E-state index in [-0.39, 0.29) is 0 Å². The Morgan fingerprint density at radius 2 is 2.00 bits per heavy atom. The van der Waals surface area contributed by atoms with Gasteiger partial charge >= 0.3 is 0 Å². The lowest BCUT2D eigenvalue weighted by Crippen LogP contribution is -2.00. The highest BCUT2D eigenvalue weighted by Gasteiger charge is 2.09. The van der Waals surface area contributed by atoms with Crippen molar-refractivity contribution in [1.29, 1.82) is 0 Å². The molecule has 0 spiro atoms. The van der Waals surface area contributed by atoms with Gasteiger partial charge in [0.1, 0.15) is 5.82 Å². The number of aryl methyl sites for hydroxylation is 2. The number of nitrogen functional groups attached to an aromatic ring is 1. The number of nitrogens with two attached hydrogens (primary N) is 1. The molecule has 0 fully saturated rings. The van der Waals surface area contributed by atoms with Crippen molar-refractivity contribution in [2.75, 3.05) is 5.73 Å². The lowest BCUT2D eigenvalue weighted by Gasteiger charge is -2.12. The fraction of sp³-hybridized carbons (Fsp3) is 0.125. The third-order valence-corrected chi connectivity index (χ3v) is 3.33. The molecule has 0 amide bonds. The Bertz CT molecular complexity index is 745. The average Bonchev–Trinajstić information content (AvgIpc) is 2.96. The molecule has 100 valence electrons. The first-order chi connectivity index (χ1) is 9.65. The molecule has 0 aliphatic heterocycles. The van der Waals surface area contributed by atoms with E-state index in [0.29, 0.717) is 5.82 Å². The average molecular weight is 264 g/mol. The Labute approximate surface area is 117 Å². The van der Waals surface area contributed by atoms with Gasteiger partial charge in [0.2, 0.25) is 0 Å². The van der Waals surface area contributed by atoms with E-state index in [1.165, 1.54) is 5.56 Å². The molecule has 3 aromatic rings. The topological polar surface area (TPSA) is 56.7 Å². The smallest absolute Gasteiger partial charge is 0.126 e. The maximum Gasteiger partial charge on any atom is 0.126 e. The van der Waals surface area contributed by atoms with Gasteiger partial charge in [0, 0.05) is 29.7 Å². The number of hydrogen-bond donors (Lipinski definition) is 1. The number of benzene rings is 1. The van der Waals surface area contributed by atoms with Crippen LogP contribution in [0.2, 0.25) is 0 Å². The molecule has 4 nitrogen and oxygen atoms in total. The van der Waals surface area contributed by atoms with Crippen molar-refractivity contribution in [3.8, 4) is 16.8 Å². The lowest BCUT2D eigenvalue weighted by molar-refractivity contribution is 0.881. The van der Waals surface area contributed by atoms with Crippen LogP contribution in [0.25, 0.3) is 16.8 Å². The number of anilines is 1. The largest absolute Gasteiger partial charge is 0.383 e. The van der Waals surface area contributed by atoms with Gasteiger partial charge in [0.25, 0.3) is 0 Å². The van der Waals surface area contributed by atoms with Gasteiger partial charge in [-0.3, -0.25) is 0 Å². The first-order valence-corrected chi connectivity index (χ1v) is 6.48. The first-order valence-electron chi connectivity index (χ1n) is 6.48. The van der Waals surface area contributed by atoms with Crippen LogP contribution in [0.3, 0.4) is 0 Å². The van der Waals surface area contributed by atoms with Crippen LogP contribution >= 0.6 is 0 Å². The summed E-state index contributed by atoms with van der Waals surface area (Å²) in [6.45, 7) is 4.04. The fourth-order valence-electron chi connectivity index (χ4n) is 2.22. The normalized spacial score (nSPS) is 10.7. The van der Waals surface area contributed by atoms with Crippen LogP contribution in [0.5, 0.6) is 0 Å². The number of aromatic nitrogens is 3. The van der Waals surface area contributed by atoms with Gasteiger partial charge in [0.15, 0.2) is 0 Å². The second-order valence-corrected chi connectivity index (χ2v) is 4.90. The molecule has 0 aliphatic rings. The summed E-state index contributed by atoms with van der Waals surface area (Å²) < 4.78 is 1.87. The lowest BCUT2D eigenvalue weighted by atomic mass is 10.0. The van der Waals surface area contributed by atoms with E-state index in [9.17, 15) is 0 Å². The molecule has 2 heterocycles. The van der Waals surface area contributed by atoms with Gasteiger partial charge in [0.05, 0.1) is 5.69 Å². The van der Waals surface area contributed by atoms with E-state index in [0.717, 1.165) is 22.4 Å². The van der Waals surface area contributed by atoms with E-state index in [1.807, 2.05) is 23.9 Å². The highest BCUT2D eigenvalue weighted by atomic mass is 15.3. The monoisotopic (exact) mass is 264 g/mol. The summed E-state index contributed by atoms with van der Waals surface area (Å²) in [4.78, 5) is 4.25. The summed E-state index contributed by atoms with van der Waals surface area (Å²) in [6.07, 6.45) is 5.52. The van der Waals surface area contributed by atoms with Gasteiger partial charge in [-0.1, -0.05) is 12.1 Å². The van der Waals surface area contributed by atoms with E-state index in [1.54, 1.807) is 12.4 Å². The molecule has 1 aromatic carbocycles. The van der Waals surface area contributed by atoms with Crippen LogP contribution in [-0.4, -0.2) is 14.8 Å². The molecular formula is C16H16N4. The van der Waals surface area contributed by atoms with E-state index in [4.69, 9.17) is 5.73 Å². The van der Waals surface area contributed by atoms with Crippen LogP contribution in [0.15, 0.2) is 48.9 Å². The fourth-order valence-corrected chi connectivity index (χ4v) is 2.22. The van der Waals surface area contributed by atoms with Gasteiger partial charge in [-0.15, -0.1) is 0 Å². The van der Waals surface area contributed by atoms with E-state index in [2.05, 4.69) is 41.3 Å². The quantitative estimate of drug-likeness (QED) is 0.773. The first kappa shape index (κ1) is 12.4. The van der Waals surface area contributed by atoms with Crippen molar-refractivity contribution >= 4 is 5.82 Å². The third kappa shape index (κ3) is 2.16. The summed E-state index contributed by atoms with van der Waals surface area (Å²) in [6, 6.07) is 10.3. The summed E-state index contributed by atoms with van der Waals surface area (Å²) in [5, 5.41) is 4.33. The minimum absolute atomic E-state index is 0.571. The zero-order valence-electron chi connectivity index (χ0n) is 11.5. The summed E-state index contributed by atoms with van der Waals surface area (Å²) >= 11 is 0. The zero-order chi connectivity index (χ0) is 14.1. The number of hydrogen-bond acceptors (Lipinski definition) is 3. The molecular weight excluding hydrogens is 248 g/mol. The minimum Gasteiger partial charge on any atom is -0.383 e. The van der Waals surface area contributed by atoms with Crippen LogP contribution in [0.1, 0.15) is 11.1 Å². The molecule has 2 N–H and O–H groups in total. The maximum absolute atomic E-state index is 5.79. The van der Waals surface area contributed by atoms with Crippen molar-refractivity contribution in [2.45, 2.75) is 13.8 Å². The van der Waals surface area contributed by atoms with Gasteiger partial charge in [-0.25, -0.2) is 9.67 Å². The van der Waals surface area contributed by atoms with Crippen LogP contribution in [0.4, 0.5) is 5.82 Å². The molecule has 0 atom stereocenters. The van der Waals surface area contributed by atoms with Crippen molar-refractivity contribution in [2.24, 2.45) is 0 Å². The van der Waals surface area contributed by atoms with Crippen molar-refractivity contribution < 1.29 is 0 Å². The number of nitrogens with zero attached hydrogens (tertiary/aromatic N) is 3. The molecule has 0 unspecified atom stereocenters. The Morgan fingerprint density at radius 3 is 2.70 bits per heavy atom. The molecule has 4 heteroatoms. The molecule has 20 heavy (non-hydrogen) atoms. The third-order valence-electron chi connectivity index (χ3n) is 3.33. The molecule has 0 saturated heterocycles. The van der Waals surface area contributed by atoms with Crippen molar-refractivity contribution in [1.82, 2.24) is 14.8 Å². The number of pyridine rings is 1. The zero-order valence-corrected chi connectivity index (χ0v) is 11.5. The second kappa shape index (κ2) is 4.81. The molecule has 0 bridgehead atoms. The summed E-state index contributed by atoms with van der Waals surface area (Å²) in [7, 11) is 0. The van der Waals surface area contributed by atoms with Crippen molar-refractivity contribution in [3.63, 3.8) is 0 Å². The Balaban J connectivity index is 2.20. The minimum atomic E-state index is 0.571. The maximum atomic E-state index is 5.79. The van der Waals surface area contributed by atoms with Crippen LogP contribution < -0.4 is 5.73 Å². The predicted octanol–water partition coefficient (Wildman–Crippen LogP) is 3.13. The highest BCUT2D eigenvalue weighted by molar-refractivity contribution is 5.74. The Morgan fingerprint density at radius 1 is 1.15 bits per heavy atom. The van der Waals surface area contributed by atoms with Crippen LogP contribution in [-0.2, 0) is 0 Å². The second-order valence-electron chi connectivity index (χ2n) is 4.90. The van der Waals surface area contributed by atoms with Crippen LogP contribution in [0, 0.1) is 13.8 Å². The predicted molar refractivity (Wildman–Crippen MR) is 80.7 cm³/mol. The molecule has 3 rings (SSSR count). The van der Waals surface area contributed by atoms with Crippen molar-refractivity contribution in [3.05, 3.63) is 60.0 Å². The van der Waals surface area contributed by atoms with Gasteiger partial charge in [-0.2, -0.15) is 5.10 Å². The van der Waals surface area contributed by atoms with E-state index < -0.39 is 0 Å².